The summed E-state index contributed by atoms with van der Waals surface area (Å²) in [5.74, 6) is -0.589. The van der Waals surface area contributed by atoms with Crippen molar-refractivity contribution < 1.29 is 9.18 Å². The molecule has 4 nitrogen and oxygen atoms in total. The molecule has 0 radical (unpaired) electrons. The van der Waals surface area contributed by atoms with Crippen LogP contribution in [0, 0.1) is 12.7 Å². The number of carbonyl (C=O) groups excluding carboxylic acids is 1. The van der Waals surface area contributed by atoms with E-state index in [9.17, 15) is 9.18 Å². The van der Waals surface area contributed by atoms with Crippen molar-refractivity contribution in [3.05, 3.63) is 65.6 Å². The Hall–Kier alpha value is -2.60. The highest BCUT2D eigenvalue weighted by Gasteiger charge is 2.08. The van der Waals surface area contributed by atoms with E-state index in [2.05, 4.69) is 14.9 Å². The van der Waals surface area contributed by atoms with Crippen LogP contribution in [0.4, 0.5) is 10.1 Å². The summed E-state index contributed by atoms with van der Waals surface area (Å²) in [5.41, 5.74) is 2.54. The molecule has 0 saturated heterocycles. The number of carbonyl (C=O) groups is 1. The molecule has 22 heavy (non-hydrogen) atoms. The zero-order valence-electron chi connectivity index (χ0n) is 11.7. The van der Waals surface area contributed by atoms with Gasteiger partial charge < -0.3 is 5.32 Å². The lowest BCUT2D eigenvalue weighted by Gasteiger charge is -2.07. The van der Waals surface area contributed by atoms with Crippen molar-refractivity contribution in [2.75, 3.05) is 5.32 Å². The summed E-state index contributed by atoms with van der Waals surface area (Å²) >= 11 is 1.31. The first-order valence-electron chi connectivity index (χ1n) is 6.59. The molecule has 0 unspecified atom stereocenters. The van der Waals surface area contributed by atoms with Gasteiger partial charge in [-0.2, -0.15) is 0 Å². The summed E-state index contributed by atoms with van der Waals surface area (Å²) in [7, 11) is 0. The molecule has 0 atom stereocenters. The minimum Gasteiger partial charge on any atom is -0.322 e. The van der Waals surface area contributed by atoms with Crippen molar-refractivity contribution in [2.45, 2.75) is 6.92 Å². The number of nitrogens with one attached hydrogen (secondary N) is 1. The Morgan fingerprint density at radius 3 is 2.59 bits per heavy atom. The first-order chi connectivity index (χ1) is 10.6. The molecule has 0 bridgehead atoms. The maximum Gasteiger partial charge on any atom is 0.255 e. The van der Waals surface area contributed by atoms with E-state index < -0.39 is 0 Å². The largest absolute Gasteiger partial charge is 0.322 e. The van der Waals surface area contributed by atoms with Gasteiger partial charge in [-0.3, -0.25) is 4.79 Å². The number of hydrogen-bond acceptors (Lipinski definition) is 4. The zero-order chi connectivity index (χ0) is 15.5. The molecule has 0 aliphatic heterocycles. The van der Waals surface area contributed by atoms with Gasteiger partial charge in [0.1, 0.15) is 5.82 Å². The second-order valence-corrected chi connectivity index (χ2v) is 5.56. The van der Waals surface area contributed by atoms with Crippen LogP contribution in [0.25, 0.3) is 10.4 Å². The summed E-state index contributed by atoms with van der Waals surface area (Å²) in [5, 5.41) is 6.58. The van der Waals surface area contributed by atoms with Gasteiger partial charge in [0.25, 0.3) is 5.91 Å². The van der Waals surface area contributed by atoms with Crippen LogP contribution in [0.2, 0.25) is 0 Å². The summed E-state index contributed by atoms with van der Waals surface area (Å²) in [4.78, 5) is 13.1. The molecule has 0 fully saturated rings. The molecule has 1 amide bonds. The number of aromatic nitrogens is 2. The molecular formula is C16H12FN3OS. The Labute approximate surface area is 130 Å². The maximum absolute atomic E-state index is 13.2. The normalized spacial score (nSPS) is 10.5. The Kier molecular flexibility index (Phi) is 3.93. The standard InChI is InChI=1S/C16H12FN3OS/c1-10-8-12(4-7-14(10)17)16(21)19-13-5-2-11(3-6-13)15-9-18-20-22-15/h2-9H,1H3,(H,19,21). The molecule has 6 heteroatoms. The molecular weight excluding hydrogens is 301 g/mol. The molecule has 110 valence electrons. The molecule has 3 aromatic rings. The molecule has 0 spiro atoms. The number of hydrogen-bond donors (Lipinski definition) is 1. The topological polar surface area (TPSA) is 54.9 Å². The van der Waals surface area contributed by atoms with Crippen LogP contribution < -0.4 is 5.32 Å². The number of anilines is 1. The number of aryl methyl sites for hydroxylation is 1. The molecule has 0 saturated carbocycles. The third kappa shape index (κ3) is 3.01. The van der Waals surface area contributed by atoms with Crippen molar-refractivity contribution in [3.8, 4) is 10.4 Å². The zero-order valence-corrected chi connectivity index (χ0v) is 12.5. The van der Waals surface area contributed by atoms with Gasteiger partial charge in [-0.05, 0) is 59.9 Å². The SMILES string of the molecule is Cc1cc(C(=O)Nc2ccc(-c3cnns3)cc2)ccc1F. The van der Waals surface area contributed by atoms with E-state index in [1.807, 2.05) is 24.3 Å². The Balaban J connectivity index is 1.75. The van der Waals surface area contributed by atoms with E-state index >= 15 is 0 Å². The highest BCUT2D eigenvalue weighted by atomic mass is 32.1. The van der Waals surface area contributed by atoms with Gasteiger partial charge in [0, 0.05) is 11.3 Å². The molecule has 1 N–H and O–H groups in total. The second-order valence-electron chi connectivity index (χ2n) is 4.78. The molecule has 3 rings (SSSR count). The summed E-state index contributed by atoms with van der Waals surface area (Å²) < 4.78 is 17.0. The van der Waals surface area contributed by atoms with Crippen LogP contribution in [0.3, 0.4) is 0 Å². The molecule has 0 aliphatic rings. The van der Waals surface area contributed by atoms with Crippen molar-refractivity contribution in [1.29, 1.82) is 0 Å². The van der Waals surface area contributed by atoms with E-state index in [1.165, 1.54) is 29.7 Å². The fraction of sp³-hybridized carbons (Fsp3) is 0.0625. The second kappa shape index (κ2) is 6.03. The van der Waals surface area contributed by atoms with Gasteiger partial charge in [0.05, 0.1) is 11.1 Å². The van der Waals surface area contributed by atoms with Gasteiger partial charge in [-0.25, -0.2) is 4.39 Å². The van der Waals surface area contributed by atoms with Crippen LogP contribution in [0.5, 0.6) is 0 Å². The van der Waals surface area contributed by atoms with E-state index in [-0.39, 0.29) is 11.7 Å². The van der Waals surface area contributed by atoms with Crippen molar-refractivity contribution in [3.63, 3.8) is 0 Å². The van der Waals surface area contributed by atoms with Crippen molar-refractivity contribution >= 4 is 23.1 Å². The highest BCUT2D eigenvalue weighted by Crippen LogP contribution is 2.23. The number of rotatable bonds is 3. The summed E-state index contributed by atoms with van der Waals surface area (Å²) in [6, 6.07) is 11.7. The fourth-order valence-electron chi connectivity index (χ4n) is 2.00. The maximum atomic E-state index is 13.2. The van der Waals surface area contributed by atoms with E-state index in [0.29, 0.717) is 16.8 Å². The lowest BCUT2D eigenvalue weighted by Crippen LogP contribution is -2.12. The minimum atomic E-state index is -0.320. The number of benzene rings is 2. The monoisotopic (exact) mass is 313 g/mol. The van der Waals surface area contributed by atoms with Gasteiger partial charge in [0.2, 0.25) is 0 Å². The average Bonchev–Trinajstić information content (AvgIpc) is 3.05. The first kappa shape index (κ1) is 14.3. The third-order valence-corrected chi connectivity index (χ3v) is 3.92. The lowest BCUT2D eigenvalue weighted by atomic mass is 10.1. The van der Waals surface area contributed by atoms with Gasteiger partial charge in [-0.1, -0.05) is 16.6 Å². The molecule has 1 heterocycles. The number of nitrogens with zero attached hydrogens (tertiary/aromatic N) is 2. The fourth-order valence-corrected chi connectivity index (χ4v) is 2.52. The number of halogens is 1. The average molecular weight is 313 g/mol. The van der Waals surface area contributed by atoms with E-state index in [0.717, 1.165) is 10.4 Å². The minimum absolute atomic E-state index is 0.268. The predicted octanol–water partition coefficient (Wildman–Crippen LogP) is 3.90. The van der Waals surface area contributed by atoms with Gasteiger partial charge in [0.15, 0.2) is 0 Å². The Bertz CT molecular complexity index is 801. The molecule has 0 aliphatic carbocycles. The number of amides is 1. The van der Waals surface area contributed by atoms with Crippen molar-refractivity contribution in [1.82, 2.24) is 9.59 Å². The van der Waals surface area contributed by atoms with E-state index in [1.54, 1.807) is 13.1 Å². The first-order valence-corrected chi connectivity index (χ1v) is 7.36. The van der Waals surface area contributed by atoms with Crippen molar-refractivity contribution in [2.24, 2.45) is 0 Å². The van der Waals surface area contributed by atoms with Gasteiger partial charge in [-0.15, -0.1) is 5.10 Å². The molecule has 2 aromatic carbocycles. The van der Waals surface area contributed by atoms with Crippen LogP contribution in [0.15, 0.2) is 48.7 Å². The quantitative estimate of drug-likeness (QED) is 0.797. The molecule has 1 aromatic heterocycles. The highest BCUT2D eigenvalue weighted by molar-refractivity contribution is 7.09. The Morgan fingerprint density at radius 1 is 1.18 bits per heavy atom. The smallest absolute Gasteiger partial charge is 0.255 e. The third-order valence-electron chi connectivity index (χ3n) is 3.21. The van der Waals surface area contributed by atoms with E-state index in [4.69, 9.17) is 0 Å². The van der Waals surface area contributed by atoms with Gasteiger partial charge >= 0.3 is 0 Å². The Morgan fingerprint density at radius 2 is 1.95 bits per heavy atom. The van der Waals surface area contributed by atoms with Crippen LogP contribution in [-0.4, -0.2) is 15.5 Å². The van der Waals surface area contributed by atoms with Crippen LogP contribution >= 0.6 is 11.5 Å². The predicted molar refractivity (Wildman–Crippen MR) is 84.4 cm³/mol. The van der Waals surface area contributed by atoms with Crippen LogP contribution in [-0.2, 0) is 0 Å². The lowest BCUT2D eigenvalue weighted by molar-refractivity contribution is 0.102. The summed E-state index contributed by atoms with van der Waals surface area (Å²) in [6.07, 6.45) is 1.69. The summed E-state index contributed by atoms with van der Waals surface area (Å²) in [6.45, 7) is 1.63. The van der Waals surface area contributed by atoms with Crippen LogP contribution in [0.1, 0.15) is 15.9 Å².